The molecular formula is C15H13ClINO. The van der Waals surface area contributed by atoms with Gasteiger partial charge in [0.25, 0.3) is 5.91 Å². The molecule has 0 unspecified atom stereocenters. The number of carbonyl (C=O) groups is 1. The second-order valence-corrected chi connectivity index (χ2v) is 6.05. The molecule has 2 rings (SSSR count). The van der Waals surface area contributed by atoms with Gasteiger partial charge < -0.3 is 5.32 Å². The predicted octanol–water partition coefficient (Wildman–Crippen LogP) is 4.81. The Hall–Kier alpha value is -1.07. The van der Waals surface area contributed by atoms with E-state index in [1.54, 1.807) is 12.1 Å². The molecule has 0 spiro atoms. The van der Waals surface area contributed by atoms with Gasteiger partial charge in [0.15, 0.2) is 0 Å². The minimum Gasteiger partial charge on any atom is -0.322 e. The van der Waals surface area contributed by atoms with Crippen LogP contribution in [0.25, 0.3) is 0 Å². The minimum absolute atomic E-state index is 0.134. The van der Waals surface area contributed by atoms with Crippen LogP contribution in [0.1, 0.15) is 21.5 Å². The molecule has 0 saturated heterocycles. The van der Waals surface area contributed by atoms with Crippen molar-refractivity contribution in [3.05, 3.63) is 61.7 Å². The van der Waals surface area contributed by atoms with Crippen LogP contribution in [-0.4, -0.2) is 5.91 Å². The van der Waals surface area contributed by atoms with Crippen LogP contribution in [0.4, 0.5) is 5.69 Å². The number of carbonyl (C=O) groups excluding carboxylic acids is 1. The number of benzene rings is 2. The largest absolute Gasteiger partial charge is 0.322 e. The summed E-state index contributed by atoms with van der Waals surface area (Å²) in [5, 5.41) is 3.50. The highest BCUT2D eigenvalue weighted by molar-refractivity contribution is 14.1. The fraction of sp³-hybridized carbons (Fsp3) is 0.133. The Kier molecular flexibility index (Phi) is 4.47. The number of anilines is 1. The Bertz CT molecular complexity index is 640. The van der Waals surface area contributed by atoms with Gasteiger partial charge >= 0.3 is 0 Å². The molecule has 1 N–H and O–H groups in total. The first-order valence-corrected chi connectivity index (χ1v) is 7.26. The average Bonchev–Trinajstić information content (AvgIpc) is 2.36. The van der Waals surface area contributed by atoms with E-state index in [0.717, 1.165) is 20.4 Å². The third-order valence-electron chi connectivity index (χ3n) is 2.89. The maximum absolute atomic E-state index is 12.3. The number of hydrogen-bond acceptors (Lipinski definition) is 1. The van der Waals surface area contributed by atoms with Crippen LogP contribution in [0, 0.1) is 17.4 Å². The van der Waals surface area contributed by atoms with Gasteiger partial charge in [-0.05, 0) is 71.8 Å². The summed E-state index contributed by atoms with van der Waals surface area (Å²) in [6.45, 7) is 3.86. The molecule has 98 valence electrons. The predicted molar refractivity (Wildman–Crippen MR) is 88.0 cm³/mol. The Labute approximate surface area is 131 Å². The van der Waals surface area contributed by atoms with Crippen molar-refractivity contribution in [2.75, 3.05) is 5.32 Å². The quantitative estimate of drug-likeness (QED) is 0.738. The zero-order valence-electron chi connectivity index (χ0n) is 10.6. The van der Waals surface area contributed by atoms with Crippen molar-refractivity contribution >= 4 is 45.8 Å². The molecule has 0 aliphatic heterocycles. The van der Waals surface area contributed by atoms with Crippen LogP contribution >= 0.6 is 34.2 Å². The average molecular weight is 386 g/mol. The molecule has 2 aromatic rings. The van der Waals surface area contributed by atoms with Gasteiger partial charge in [0, 0.05) is 19.8 Å². The van der Waals surface area contributed by atoms with Crippen molar-refractivity contribution in [2.24, 2.45) is 0 Å². The second-order valence-electron chi connectivity index (χ2n) is 4.37. The van der Waals surface area contributed by atoms with Gasteiger partial charge in [-0.2, -0.15) is 0 Å². The minimum atomic E-state index is -0.134. The maximum atomic E-state index is 12.3. The summed E-state index contributed by atoms with van der Waals surface area (Å²) < 4.78 is 1.08. The van der Waals surface area contributed by atoms with Crippen molar-refractivity contribution < 1.29 is 4.79 Å². The lowest BCUT2D eigenvalue weighted by Crippen LogP contribution is -2.14. The van der Waals surface area contributed by atoms with E-state index in [0.29, 0.717) is 10.6 Å². The fourth-order valence-electron chi connectivity index (χ4n) is 1.76. The topological polar surface area (TPSA) is 29.1 Å². The highest BCUT2D eigenvalue weighted by Crippen LogP contribution is 2.21. The molecule has 0 aromatic heterocycles. The number of amides is 1. The monoisotopic (exact) mass is 385 g/mol. The Balaban J connectivity index is 2.30. The first kappa shape index (κ1) is 14.3. The summed E-state index contributed by atoms with van der Waals surface area (Å²) in [4.78, 5) is 12.3. The number of nitrogens with one attached hydrogen (secondary N) is 1. The Morgan fingerprint density at radius 3 is 2.53 bits per heavy atom. The molecule has 19 heavy (non-hydrogen) atoms. The lowest BCUT2D eigenvalue weighted by atomic mass is 10.1. The second kappa shape index (κ2) is 5.92. The van der Waals surface area contributed by atoms with E-state index < -0.39 is 0 Å². The summed E-state index contributed by atoms with van der Waals surface area (Å²) in [6.07, 6.45) is 0. The molecule has 0 saturated carbocycles. The van der Waals surface area contributed by atoms with E-state index in [9.17, 15) is 4.79 Å². The number of aryl methyl sites for hydroxylation is 2. The highest BCUT2D eigenvalue weighted by Gasteiger charge is 2.11. The molecule has 0 aliphatic rings. The van der Waals surface area contributed by atoms with Gasteiger partial charge in [-0.15, -0.1) is 0 Å². The van der Waals surface area contributed by atoms with E-state index in [4.69, 9.17) is 11.6 Å². The van der Waals surface area contributed by atoms with Crippen LogP contribution in [-0.2, 0) is 0 Å². The summed E-state index contributed by atoms with van der Waals surface area (Å²) >= 11 is 8.16. The van der Waals surface area contributed by atoms with Gasteiger partial charge in [-0.3, -0.25) is 4.79 Å². The van der Waals surface area contributed by atoms with Gasteiger partial charge in [-0.1, -0.05) is 23.7 Å². The lowest BCUT2D eigenvalue weighted by molar-refractivity contribution is 0.102. The summed E-state index contributed by atoms with van der Waals surface area (Å²) in [5.41, 5.74) is 3.38. The van der Waals surface area contributed by atoms with Gasteiger partial charge in [-0.25, -0.2) is 0 Å². The zero-order chi connectivity index (χ0) is 14.0. The molecule has 0 aliphatic carbocycles. The third kappa shape index (κ3) is 3.48. The number of hydrogen-bond donors (Lipinski definition) is 1. The third-order valence-corrected chi connectivity index (χ3v) is 3.80. The molecular weight excluding hydrogens is 373 g/mol. The van der Waals surface area contributed by atoms with Crippen molar-refractivity contribution in [3.8, 4) is 0 Å². The molecule has 2 nitrogen and oxygen atoms in total. The summed E-state index contributed by atoms with van der Waals surface area (Å²) in [7, 11) is 0. The van der Waals surface area contributed by atoms with E-state index in [-0.39, 0.29) is 5.91 Å². The van der Waals surface area contributed by atoms with Crippen LogP contribution in [0.5, 0.6) is 0 Å². The first-order valence-electron chi connectivity index (χ1n) is 5.81. The van der Waals surface area contributed by atoms with E-state index in [1.807, 2.05) is 38.1 Å². The van der Waals surface area contributed by atoms with E-state index in [2.05, 4.69) is 27.9 Å². The lowest BCUT2D eigenvalue weighted by Gasteiger charge is -2.10. The van der Waals surface area contributed by atoms with E-state index in [1.165, 1.54) is 0 Å². The fourth-order valence-corrected chi connectivity index (χ4v) is 2.42. The van der Waals surface area contributed by atoms with Crippen LogP contribution in [0.2, 0.25) is 5.02 Å². The normalized spacial score (nSPS) is 10.3. The smallest absolute Gasteiger partial charge is 0.255 e. The van der Waals surface area contributed by atoms with Crippen LogP contribution in [0.15, 0.2) is 36.4 Å². The molecule has 0 fully saturated rings. The van der Waals surface area contributed by atoms with Gasteiger partial charge in [0.1, 0.15) is 0 Å². The van der Waals surface area contributed by atoms with Gasteiger partial charge in [0.05, 0.1) is 0 Å². The van der Waals surface area contributed by atoms with Crippen molar-refractivity contribution in [1.29, 1.82) is 0 Å². The Morgan fingerprint density at radius 2 is 1.79 bits per heavy atom. The molecule has 0 radical (unpaired) electrons. The van der Waals surface area contributed by atoms with Gasteiger partial charge in [0.2, 0.25) is 0 Å². The zero-order valence-corrected chi connectivity index (χ0v) is 13.5. The highest BCUT2D eigenvalue weighted by atomic mass is 127. The molecule has 2 aromatic carbocycles. The summed E-state index contributed by atoms with van der Waals surface area (Å²) in [5.74, 6) is -0.134. The van der Waals surface area contributed by atoms with Crippen LogP contribution < -0.4 is 5.32 Å². The standard InChI is InChI=1S/C15H13ClINO/c1-9-3-5-11(16)7-13(9)15(19)18-14-8-12(17)6-4-10(14)2/h3-8H,1-2H3,(H,18,19). The maximum Gasteiger partial charge on any atom is 0.255 e. The molecule has 0 heterocycles. The molecule has 1 amide bonds. The van der Waals surface area contributed by atoms with Crippen LogP contribution in [0.3, 0.4) is 0 Å². The SMILES string of the molecule is Cc1ccc(I)cc1NC(=O)c1cc(Cl)ccc1C. The molecule has 0 bridgehead atoms. The first-order chi connectivity index (χ1) is 8.97. The Morgan fingerprint density at radius 1 is 1.11 bits per heavy atom. The number of rotatable bonds is 2. The van der Waals surface area contributed by atoms with Crippen molar-refractivity contribution in [3.63, 3.8) is 0 Å². The molecule has 4 heteroatoms. The van der Waals surface area contributed by atoms with E-state index >= 15 is 0 Å². The van der Waals surface area contributed by atoms with Crippen molar-refractivity contribution in [1.82, 2.24) is 0 Å². The molecule has 0 atom stereocenters. The summed E-state index contributed by atoms with van der Waals surface area (Å²) in [6, 6.07) is 11.3. The number of halogens is 2. The van der Waals surface area contributed by atoms with Crippen molar-refractivity contribution in [2.45, 2.75) is 13.8 Å².